The zero-order valence-electron chi connectivity index (χ0n) is 12.6. The van der Waals surface area contributed by atoms with Crippen LogP contribution >= 0.6 is 0 Å². The maximum absolute atomic E-state index is 5.44. The molecular weight excluding hydrogens is 250 g/mol. The monoisotopic (exact) mass is 275 g/mol. The molecule has 1 atom stereocenters. The van der Waals surface area contributed by atoms with Gasteiger partial charge in [-0.2, -0.15) is 0 Å². The Morgan fingerprint density at radius 3 is 2.75 bits per heavy atom. The second-order valence-electron chi connectivity index (χ2n) is 6.15. The summed E-state index contributed by atoms with van der Waals surface area (Å²) in [4.78, 5) is 9.72. The Bertz CT molecular complexity index is 469. The van der Waals surface area contributed by atoms with E-state index in [2.05, 4.69) is 12.2 Å². The van der Waals surface area contributed by atoms with E-state index in [1.807, 2.05) is 7.05 Å². The number of aryl methyl sites for hydroxylation is 2. The standard InChI is InChI=1S/C16H25N3O/c1-11-14-9-12(10-17-2)3-4-15(14)19-16(18-11)13-5-7-20-8-6-13/h12-13,17H,3-10H2,1-2H3. The third-order valence-electron chi connectivity index (χ3n) is 4.68. The minimum atomic E-state index is 0.503. The lowest BCUT2D eigenvalue weighted by atomic mass is 9.85. The van der Waals surface area contributed by atoms with Crippen molar-refractivity contribution in [2.75, 3.05) is 26.8 Å². The van der Waals surface area contributed by atoms with E-state index in [4.69, 9.17) is 14.7 Å². The van der Waals surface area contributed by atoms with Gasteiger partial charge < -0.3 is 10.1 Å². The Hall–Kier alpha value is -1.00. The van der Waals surface area contributed by atoms with Crippen LogP contribution in [0.25, 0.3) is 0 Å². The molecule has 1 aliphatic heterocycles. The third kappa shape index (κ3) is 2.86. The van der Waals surface area contributed by atoms with Gasteiger partial charge in [-0.05, 0) is 64.1 Å². The summed E-state index contributed by atoms with van der Waals surface area (Å²) in [6, 6.07) is 0. The lowest BCUT2D eigenvalue weighted by Gasteiger charge is -2.27. The molecule has 0 saturated carbocycles. The van der Waals surface area contributed by atoms with Crippen LogP contribution in [0.4, 0.5) is 0 Å². The number of hydrogen-bond acceptors (Lipinski definition) is 4. The van der Waals surface area contributed by atoms with Crippen molar-refractivity contribution in [3.8, 4) is 0 Å². The average molecular weight is 275 g/mol. The first kappa shape index (κ1) is 14.0. The molecule has 1 N–H and O–H groups in total. The molecule has 110 valence electrons. The van der Waals surface area contributed by atoms with E-state index in [0.717, 1.165) is 57.2 Å². The largest absolute Gasteiger partial charge is 0.381 e. The van der Waals surface area contributed by atoms with Gasteiger partial charge >= 0.3 is 0 Å². The Balaban J connectivity index is 1.82. The van der Waals surface area contributed by atoms with Crippen molar-refractivity contribution in [3.05, 3.63) is 22.8 Å². The van der Waals surface area contributed by atoms with Crippen LogP contribution < -0.4 is 5.32 Å². The van der Waals surface area contributed by atoms with Gasteiger partial charge in [-0.1, -0.05) is 0 Å². The topological polar surface area (TPSA) is 47.0 Å². The molecule has 1 fully saturated rings. The zero-order valence-corrected chi connectivity index (χ0v) is 12.6. The van der Waals surface area contributed by atoms with Crippen LogP contribution in [-0.4, -0.2) is 36.8 Å². The van der Waals surface area contributed by atoms with Crippen LogP contribution in [0, 0.1) is 12.8 Å². The molecule has 2 heterocycles. The highest BCUT2D eigenvalue weighted by Crippen LogP contribution is 2.30. The van der Waals surface area contributed by atoms with Crippen molar-refractivity contribution in [2.45, 2.75) is 44.9 Å². The highest BCUT2D eigenvalue weighted by atomic mass is 16.5. The summed E-state index contributed by atoms with van der Waals surface area (Å²) < 4.78 is 5.44. The van der Waals surface area contributed by atoms with Gasteiger partial charge in [-0.15, -0.1) is 0 Å². The second-order valence-corrected chi connectivity index (χ2v) is 6.15. The van der Waals surface area contributed by atoms with Gasteiger partial charge in [0.1, 0.15) is 5.82 Å². The van der Waals surface area contributed by atoms with E-state index in [0.29, 0.717) is 5.92 Å². The molecule has 1 aromatic heterocycles. The number of aromatic nitrogens is 2. The lowest BCUT2D eigenvalue weighted by molar-refractivity contribution is 0.0834. The molecule has 2 aliphatic rings. The smallest absolute Gasteiger partial charge is 0.132 e. The van der Waals surface area contributed by atoms with Crippen molar-refractivity contribution in [3.63, 3.8) is 0 Å². The molecule has 1 saturated heterocycles. The van der Waals surface area contributed by atoms with Gasteiger partial charge in [0.2, 0.25) is 0 Å². The lowest BCUT2D eigenvalue weighted by Crippen LogP contribution is -2.27. The summed E-state index contributed by atoms with van der Waals surface area (Å²) in [6.07, 6.45) is 5.63. The second kappa shape index (κ2) is 6.19. The quantitative estimate of drug-likeness (QED) is 0.916. The number of fused-ring (bicyclic) bond motifs is 1. The van der Waals surface area contributed by atoms with Gasteiger partial charge in [0.15, 0.2) is 0 Å². The summed E-state index contributed by atoms with van der Waals surface area (Å²) in [5.74, 6) is 2.31. The van der Waals surface area contributed by atoms with Crippen molar-refractivity contribution in [2.24, 2.45) is 5.92 Å². The number of rotatable bonds is 3. The van der Waals surface area contributed by atoms with E-state index >= 15 is 0 Å². The first-order chi connectivity index (χ1) is 9.78. The SMILES string of the molecule is CNCC1CCc2nc(C3CCOCC3)nc(C)c2C1. The molecule has 3 rings (SSSR count). The highest BCUT2D eigenvalue weighted by Gasteiger charge is 2.25. The Morgan fingerprint density at radius 2 is 2.00 bits per heavy atom. The van der Waals surface area contributed by atoms with Crippen LogP contribution in [0.1, 0.15) is 48.0 Å². The van der Waals surface area contributed by atoms with Gasteiger partial charge in [0, 0.05) is 30.5 Å². The molecular formula is C16H25N3O. The normalized spacial score (nSPS) is 23.6. The molecule has 0 bridgehead atoms. The van der Waals surface area contributed by atoms with Crippen molar-refractivity contribution < 1.29 is 4.74 Å². The van der Waals surface area contributed by atoms with E-state index in [1.165, 1.54) is 23.4 Å². The zero-order chi connectivity index (χ0) is 13.9. The molecule has 0 amide bonds. The minimum Gasteiger partial charge on any atom is -0.381 e. The van der Waals surface area contributed by atoms with Crippen LogP contribution in [0.2, 0.25) is 0 Å². The van der Waals surface area contributed by atoms with Gasteiger partial charge in [-0.25, -0.2) is 9.97 Å². The summed E-state index contributed by atoms with van der Waals surface area (Å²) in [5, 5.41) is 3.30. The number of hydrogen-bond donors (Lipinski definition) is 1. The van der Waals surface area contributed by atoms with E-state index in [-0.39, 0.29) is 0 Å². The van der Waals surface area contributed by atoms with Crippen LogP contribution in [-0.2, 0) is 17.6 Å². The first-order valence-corrected chi connectivity index (χ1v) is 7.86. The Kier molecular flexibility index (Phi) is 4.32. The fourth-order valence-corrected chi connectivity index (χ4v) is 3.48. The minimum absolute atomic E-state index is 0.503. The van der Waals surface area contributed by atoms with Gasteiger partial charge in [-0.3, -0.25) is 0 Å². The summed E-state index contributed by atoms with van der Waals surface area (Å²) >= 11 is 0. The summed E-state index contributed by atoms with van der Waals surface area (Å²) in [5.41, 5.74) is 3.93. The van der Waals surface area contributed by atoms with Gasteiger partial charge in [0.05, 0.1) is 0 Å². The molecule has 4 heteroatoms. The Morgan fingerprint density at radius 1 is 1.20 bits per heavy atom. The molecule has 20 heavy (non-hydrogen) atoms. The third-order valence-corrected chi connectivity index (χ3v) is 4.68. The van der Waals surface area contributed by atoms with E-state index in [9.17, 15) is 0 Å². The molecule has 0 spiro atoms. The summed E-state index contributed by atoms with van der Waals surface area (Å²) in [7, 11) is 2.03. The fourth-order valence-electron chi connectivity index (χ4n) is 3.48. The molecule has 0 radical (unpaired) electrons. The van der Waals surface area contributed by atoms with Crippen LogP contribution in [0.5, 0.6) is 0 Å². The van der Waals surface area contributed by atoms with Crippen LogP contribution in [0.3, 0.4) is 0 Å². The van der Waals surface area contributed by atoms with Crippen molar-refractivity contribution >= 4 is 0 Å². The number of ether oxygens (including phenoxy) is 1. The van der Waals surface area contributed by atoms with Crippen molar-refractivity contribution in [1.29, 1.82) is 0 Å². The molecule has 1 aliphatic carbocycles. The maximum Gasteiger partial charge on any atom is 0.132 e. The number of nitrogens with one attached hydrogen (secondary N) is 1. The molecule has 1 aromatic rings. The van der Waals surface area contributed by atoms with E-state index in [1.54, 1.807) is 0 Å². The number of nitrogens with zero attached hydrogens (tertiary/aromatic N) is 2. The Labute approximate surface area is 121 Å². The van der Waals surface area contributed by atoms with Crippen molar-refractivity contribution in [1.82, 2.24) is 15.3 Å². The maximum atomic E-state index is 5.44. The molecule has 4 nitrogen and oxygen atoms in total. The van der Waals surface area contributed by atoms with E-state index < -0.39 is 0 Å². The fraction of sp³-hybridized carbons (Fsp3) is 0.750. The summed E-state index contributed by atoms with van der Waals surface area (Å²) in [6.45, 7) is 4.97. The average Bonchev–Trinajstić information content (AvgIpc) is 2.49. The van der Waals surface area contributed by atoms with Crippen LogP contribution in [0.15, 0.2) is 0 Å². The highest BCUT2D eigenvalue weighted by molar-refractivity contribution is 5.29. The molecule has 1 unspecified atom stereocenters. The predicted molar refractivity (Wildman–Crippen MR) is 79.0 cm³/mol. The predicted octanol–water partition coefficient (Wildman–Crippen LogP) is 2.00. The molecule has 0 aromatic carbocycles. The first-order valence-electron chi connectivity index (χ1n) is 7.86. The van der Waals surface area contributed by atoms with Gasteiger partial charge in [0.25, 0.3) is 0 Å².